The molecule has 0 saturated carbocycles. The number of halogens is 2. The number of pyridine rings is 1. The molecule has 5 rings (SSSR count). The van der Waals surface area contributed by atoms with Crippen LogP contribution in [0, 0.1) is 11.6 Å². The molecule has 0 bridgehead atoms. The third-order valence-electron chi connectivity index (χ3n) is 6.56. The number of anilines is 1. The average Bonchev–Trinajstić information content (AvgIpc) is 3.54. The van der Waals surface area contributed by atoms with Gasteiger partial charge in [0.25, 0.3) is 21.5 Å². The van der Waals surface area contributed by atoms with Gasteiger partial charge in [-0.3, -0.25) is 14.3 Å². The lowest BCUT2D eigenvalue weighted by Crippen LogP contribution is -2.43. The minimum Gasteiger partial charge on any atom is -0.480 e. The summed E-state index contributed by atoms with van der Waals surface area (Å²) >= 11 is 0. The molecule has 0 aliphatic heterocycles. The molecule has 3 heterocycles. The Hall–Kier alpha value is -6.04. The van der Waals surface area contributed by atoms with Crippen molar-refractivity contribution in [1.82, 2.24) is 34.4 Å². The Morgan fingerprint density at radius 3 is 2.17 bits per heavy atom. The van der Waals surface area contributed by atoms with Gasteiger partial charge in [-0.25, -0.2) is 27.9 Å². The zero-order valence-corrected chi connectivity index (χ0v) is 24.4. The predicted octanol–water partition coefficient (Wildman–Crippen LogP) is 1.02. The maximum absolute atomic E-state index is 15.0. The van der Waals surface area contributed by atoms with Crippen LogP contribution in [0.4, 0.5) is 14.5 Å². The van der Waals surface area contributed by atoms with Crippen LogP contribution in [0.2, 0.25) is 0 Å². The molecule has 0 saturated heterocycles. The fourth-order valence-corrected chi connectivity index (χ4v) is 5.28. The first-order valence-corrected chi connectivity index (χ1v) is 14.6. The van der Waals surface area contributed by atoms with Crippen molar-refractivity contribution >= 4 is 27.6 Å². The number of carboxylic acids is 1. The summed E-state index contributed by atoms with van der Waals surface area (Å²) in [7, 11) is -2.96. The number of aliphatic carboxylic acids is 1. The van der Waals surface area contributed by atoms with Crippen molar-refractivity contribution in [2.45, 2.75) is 17.5 Å². The van der Waals surface area contributed by atoms with Gasteiger partial charge < -0.3 is 15.0 Å². The molecule has 3 N–H and O–H groups in total. The SMILES string of the molecule is Cn1ccc(=O)n(-c2ccc(C[C@H](NC(=O)c3c(F)cc(NS(=O)(=O)c4ccc(-n5nccn5)cn4)cc3F)C(=O)O)cc2)c1=O. The Balaban J connectivity index is 1.30. The fourth-order valence-electron chi connectivity index (χ4n) is 4.31. The molecule has 3 aromatic heterocycles. The van der Waals surface area contributed by atoms with Crippen LogP contribution in [0.5, 0.6) is 0 Å². The summed E-state index contributed by atoms with van der Waals surface area (Å²) < 4.78 is 59.5. The predicted molar refractivity (Wildman–Crippen MR) is 156 cm³/mol. The van der Waals surface area contributed by atoms with E-state index in [4.69, 9.17) is 0 Å². The van der Waals surface area contributed by atoms with E-state index in [-0.39, 0.29) is 12.1 Å². The molecular formula is C28H22F2N8O7S. The van der Waals surface area contributed by atoms with Crippen molar-refractivity contribution in [2.75, 3.05) is 4.72 Å². The summed E-state index contributed by atoms with van der Waals surface area (Å²) in [5, 5.41) is 19.0. The van der Waals surface area contributed by atoms with Gasteiger partial charge in [0, 0.05) is 25.7 Å². The standard InChI is InChI=1S/C28H22F2N8O7S/c1-36-11-8-24(39)37(28(36)43)18-4-2-16(3-5-18)12-22(27(41)42)34-26(40)25-20(29)13-17(14-21(25)30)35-46(44,45)23-7-6-19(15-31-23)38-32-9-10-33-38/h2-11,13-15,22,35H,12H2,1H3,(H,34,40)(H,41,42)/t22-/m0/s1. The van der Waals surface area contributed by atoms with E-state index in [1.807, 2.05) is 4.72 Å². The highest BCUT2D eigenvalue weighted by Crippen LogP contribution is 2.22. The average molecular weight is 653 g/mol. The molecule has 5 aromatic rings. The normalized spacial score (nSPS) is 12.0. The molecule has 15 nitrogen and oxygen atoms in total. The Morgan fingerprint density at radius 2 is 1.59 bits per heavy atom. The third-order valence-corrected chi connectivity index (χ3v) is 7.86. The molecule has 1 atom stereocenters. The second-order valence-electron chi connectivity index (χ2n) is 9.71. The van der Waals surface area contributed by atoms with E-state index in [2.05, 4.69) is 20.5 Å². The van der Waals surface area contributed by atoms with Crippen molar-refractivity contribution < 1.29 is 31.9 Å². The maximum Gasteiger partial charge on any atom is 0.335 e. The highest BCUT2D eigenvalue weighted by atomic mass is 32.2. The van der Waals surface area contributed by atoms with Crippen LogP contribution >= 0.6 is 0 Å². The molecule has 0 spiro atoms. The molecule has 236 valence electrons. The molecule has 1 amide bonds. The highest BCUT2D eigenvalue weighted by Gasteiger charge is 2.27. The number of amides is 1. The lowest BCUT2D eigenvalue weighted by Gasteiger charge is -2.16. The first kappa shape index (κ1) is 31.4. The number of hydrogen-bond donors (Lipinski definition) is 3. The van der Waals surface area contributed by atoms with Crippen LogP contribution < -0.4 is 21.3 Å². The number of aryl methyl sites for hydroxylation is 1. The molecule has 46 heavy (non-hydrogen) atoms. The van der Waals surface area contributed by atoms with Crippen LogP contribution in [-0.4, -0.2) is 60.6 Å². The largest absolute Gasteiger partial charge is 0.480 e. The van der Waals surface area contributed by atoms with Gasteiger partial charge in [-0.2, -0.15) is 23.4 Å². The molecule has 0 aliphatic rings. The van der Waals surface area contributed by atoms with Crippen molar-refractivity contribution in [3.63, 3.8) is 0 Å². The van der Waals surface area contributed by atoms with Gasteiger partial charge in [0.15, 0.2) is 5.03 Å². The Morgan fingerprint density at radius 1 is 0.957 bits per heavy atom. The zero-order chi connectivity index (χ0) is 33.2. The van der Waals surface area contributed by atoms with Crippen molar-refractivity contribution in [3.8, 4) is 11.4 Å². The summed E-state index contributed by atoms with van der Waals surface area (Å²) in [5.41, 5.74) is -1.97. The highest BCUT2D eigenvalue weighted by molar-refractivity contribution is 7.92. The second-order valence-corrected chi connectivity index (χ2v) is 11.3. The number of carboxylic acid groups (broad SMARTS) is 1. The minimum atomic E-state index is -4.42. The number of sulfonamides is 1. The third kappa shape index (κ3) is 6.55. The summed E-state index contributed by atoms with van der Waals surface area (Å²) in [6.07, 6.45) is 4.97. The van der Waals surface area contributed by atoms with E-state index < -0.39 is 67.1 Å². The number of nitrogens with one attached hydrogen (secondary N) is 2. The monoisotopic (exact) mass is 652 g/mol. The van der Waals surface area contributed by atoms with Gasteiger partial charge in [0.1, 0.15) is 28.9 Å². The second kappa shape index (κ2) is 12.5. The number of nitrogens with zero attached hydrogens (tertiary/aromatic N) is 6. The van der Waals surface area contributed by atoms with Gasteiger partial charge in [0.05, 0.1) is 30.0 Å². The number of hydrogen-bond acceptors (Lipinski definition) is 9. The number of benzene rings is 2. The van der Waals surface area contributed by atoms with Crippen LogP contribution in [0.15, 0.2) is 94.0 Å². The Bertz CT molecular complexity index is 2140. The van der Waals surface area contributed by atoms with Crippen LogP contribution in [0.1, 0.15) is 15.9 Å². The number of aromatic nitrogens is 6. The number of rotatable bonds is 10. The molecule has 0 aliphatic carbocycles. The molecule has 2 aromatic carbocycles. The molecule has 0 fully saturated rings. The van der Waals surface area contributed by atoms with E-state index in [1.165, 1.54) is 77.6 Å². The van der Waals surface area contributed by atoms with Gasteiger partial charge in [0.2, 0.25) is 0 Å². The molecule has 0 unspecified atom stereocenters. The quantitative estimate of drug-likeness (QED) is 0.196. The van der Waals surface area contributed by atoms with Gasteiger partial charge >= 0.3 is 11.7 Å². The van der Waals surface area contributed by atoms with Crippen LogP contribution in [0.25, 0.3) is 11.4 Å². The van der Waals surface area contributed by atoms with Crippen molar-refractivity contribution in [1.29, 1.82) is 0 Å². The van der Waals surface area contributed by atoms with E-state index in [0.29, 0.717) is 23.4 Å². The number of carbonyl (C=O) groups excluding carboxylic acids is 1. The lowest BCUT2D eigenvalue weighted by molar-refractivity contribution is -0.139. The summed E-state index contributed by atoms with van der Waals surface area (Å²) in [4.78, 5) is 54.2. The molecule has 0 radical (unpaired) electrons. The van der Waals surface area contributed by atoms with Crippen LogP contribution in [0.3, 0.4) is 0 Å². The van der Waals surface area contributed by atoms with E-state index in [0.717, 1.165) is 10.6 Å². The maximum atomic E-state index is 15.0. The first-order valence-electron chi connectivity index (χ1n) is 13.1. The van der Waals surface area contributed by atoms with E-state index >= 15 is 0 Å². The van der Waals surface area contributed by atoms with Crippen molar-refractivity contribution in [2.24, 2.45) is 7.05 Å². The Labute approximate surface area is 257 Å². The van der Waals surface area contributed by atoms with Gasteiger partial charge in [-0.15, -0.1) is 0 Å². The Kier molecular flexibility index (Phi) is 8.54. The topological polar surface area (TPSA) is 200 Å². The summed E-state index contributed by atoms with van der Waals surface area (Å²) in [5.74, 6) is -5.85. The molecular weight excluding hydrogens is 630 g/mol. The van der Waals surface area contributed by atoms with Gasteiger partial charge in [-0.05, 0) is 42.0 Å². The van der Waals surface area contributed by atoms with E-state index in [9.17, 15) is 41.5 Å². The van der Waals surface area contributed by atoms with Crippen molar-refractivity contribution in [3.05, 3.63) is 123 Å². The number of carbonyl (C=O) groups is 2. The van der Waals surface area contributed by atoms with Gasteiger partial charge in [-0.1, -0.05) is 12.1 Å². The first-order chi connectivity index (χ1) is 21.8. The zero-order valence-electron chi connectivity index (χ0n) is 23.5. The van der Waals surface area contributed by atoms with Crippen LogP contribution in [-0.2, 0) is 28.3 Å². The summed E-state index contributed by atoms with van der Waals surface area (Å²) in [6, 6.07) is 8.80. The fraction of sp³-hybridized carbons (Fsp3) is 0.107. The smallest absolute Gasteiger partial charge is 0.335 e. The minimum absolute atomic E-state index is 0.213. The van der Waals surface area contributed by atoms with E-state index in [1.54, 1.807) is 0 Å². The molecule has 18 heteroatoms. The summed E-state index contributed by atoms with van der Waals surface area (Å²) in [6.45, 7) is 0. The lowest BCUT2D eigenvalue weighted by atomic mass is 10.0.